The minimum atomic E-state index is -3.69. The van der Waals surface area contributed by atoms with Crippen molar-refractivity contribution in [3.63, 3.8) is 0 Å². The summed E-state index contributed by atoms with van der Waals surface area (Å²) < 4.78 is 40.2. The predicted molar refractivity (Wildman–Crippen MR) is 87.3 cm³/mol. The van der Waals surface area contributed by atoms with Gasteiger partial charge in [-0.1, -0.05) is 0 Å². The molecular formula is C15H19FN4O3S. The number of aryl methyl sites for hydroxylation is 1. The highest BCUT2D eigenvalue weighted by Gasteiger charge is 2.20. The molecule has 9 heteroatoms. The fraction of sp³-hybridized carbons (Fsp3) is 0.333. The Bertz CT molecular complexity index is 802. The fourth-order valence-electron chi connectivity index (χ4n) is 2.06. The maximum absolute atomic E-state index is 12.9. The SMILES string of the molecule is CN(CCCC(=O)Nc1ccn(C)n1)S(=O)(=O)c1ccc(F)cc1. The number of halogens is 1. The first-order valence-electron chi connectivity index (χ1n) is 7.30. The largest absolute Gasteiger partial charge is 0.309 e. The Morgan fingerprint density at radius 3 is 2.54 bits per heavy atom. The highest BCUT2D eigenvalue weighted by atomic mass is 32.2. The van der Waals surface area contributed by atoms with Gasteiger partial charge in [0.15, 0.2) is 5.82 Å². The van der Waals surface area contributed by atoms with Crippen molar-refractivity contribution in [2.24, 2.45) is 7.05 Å². The number of hydrogen-bond donors (Lipinski definition) is 1. The van der Waals surface area contributed by atoms with Crippen molar-refractivity contribution in [3.8, 4) is 0 Å². The van der Waals surface area contributed by atoms with Crippen LogP contribution in [-0.4, -0.2) is 42.0 Å². The normalized spacial score (nSPS) is 11.7. The third kappa shape index (κ3) is 4.62. The van der Waals surface area contributed by atoms with Crippen molar-refractivity contribution in [2.75, 3.05) is 18.9 Å². The van der Waals surface area contributed by atoms with Crippen LogP contribution in [0, 0.1) is 5.82 Å². The average Bonchev–Trinajstić information content (AvgIpc) is 2.92. The summed E-state index contributed by atoms with van der Waals surface area (Å²) in [6, 6.07) is 6.30. The van der Waals surface area contributed by atoms with Gasteiger partial charge in [0.25, 0.3) is 0 Å². The minimum Gasteiger partial charge on any atom is -0.309 e. The van der Waals surface area contributed by atoms with Crippen molar-refractivity contribution < 1.29 is 17.6 Å². The second-order valence-electron chi connectivity index (χ2n) is 5.31. The first kappa shape index (κ1) is 18.1. The third-order valence-corrected chi connectivity index (χ3v) is 5.25. The van der Waals surface area contributed by atoms with Crippen LogP contribution in [0.25, 0.3) is 0 Å². The number of anilines is 1. The molecule has 0 saturated carbocycles. The molecule has 0 radical (unpaired) electrons. The van der Waals surface area contributed by atoms with Crippen LogP contribution in [0.5, 0.6) is 0 Å². The van der Waals surface area contributed by atoms with Gasteiger partial charge < -0.3 is 5.32 Å². The number of nitrogens with zero attached hydrogens (tertiary/aromatic N) is 3. The van der Waals surface area contributed by atoms with E-state index in [1.807, 2.05) is 0 Å². The van der Waals surface area contributed by atoms with E-state index in [1.165, 1.54) is 19.2 Å². The van der Waals surface area contributed by atoms with E-state index >= 15 is 0 Å². The summed E-state index contributed by atoms with van der Waals surface area (Å²) in [4.78, 5) is 11.8. The molecule has 0 unspecified atom stereocenters. The van der Waals surface area contributed by atoms with Gasteiger partial charge in [0.1, 0.15) is 5.82 Å². The van der Waals surface area contributed by atoms with E-state index in [0.29, 0.717) is 12.2 Å². The molecule has 0 aliphatic rings. The van der Waals surface area contributed by atoms with Crippen LogP contribution in [0.15, 0.2) is 41.4 Å². The molecule has 2 aromatic rings. The monoisotopic (exact) mass is 354 g/mol. The van der Waals surface area contributed by atoms with Gasteiger partial charge in [0.05, 0.1) is 4.90 Å². The lowest BCUT2D eigenvalue weighted by Crippen LogP contribution is -2.28. The third-order valence-electron chi connectivity index (χ3n) is 3.38. The predicted octanol–water partition coefficient (Wildman–Crippen LogP) is 1.60. The van der Waals surface area contributed by atoms with Crippen molar-refractivity contribution >= 4 is 21.7 Å². The lowest BCUT2D eigenvalue weighted by Gasteiger charge is -2.17. The van der Waals surface area contributed by atoms with Crippen LogP contribution >= 0.6 is 0 Å². The van der Waals surface area contributed by atoms with E-state index in [9.17, 15) is 17.6 Å². The summed E-state index contributed by atoms with van der Waals surface area (Å²) >= 11 is 0. The lowest BCUT2D eigenvalue weighted by atomic mass is 10.3. The van der Waals surface area contributed by atoms with Crippen molar-refractivity contribution in [3.05, 3.63) is 42.3 Å². The molecule has 1 aromatic carbocycles. The van der Waals surface area contributed by atoms with Crippen LogP contribution in [0.1, 0.15) is 12.8 Å². The molecule has 0 aliphatic carbocycles. The minimum absolute atomic E-state index is 0.0179. The Morgan fingerprint density at radius 1 is 1.29 bits per heavy atom. The van der Waals surface area contributed by atoms with E-state index in [-0.39, 0.29) is 23.8 Å². The fourth-order valence-corrected chi connectivity index (χ4v) is 3.27. The van der Waals surface area contributed by atoms with Crippen molar-refractivity contribution in [1.82, 2.24) is 14.1 Å². The molecule has 7 nitrogen and oxygen atoms in total. The number of sulfonamides is 1. The zero-order chi connectivity index (χ0) is 17.7. The van der Waals surface area contributed by atoms with E-state index in [1.54, 1.807) is 24.0 Å². The summed E-state index contributed by atoms with van der Waals surface area (Å²) in [5, 5.41) is 6.66. The van der Waals surface area contributed by atoms with Gasteiger partial charge in [-0.15, -0.1) is 0 Å². The molecule has 0 bridgehead atoms. The van der Waals surface area contributed by atoms with E-state index in [0.717, 1.165) is 16.4 Å². The molecule has 130 valence electrons. The Morgan fingerprint density at radius 2 is 1.96 bits per heavy atom. The van der Waals surface area contributed by atoms with Gasteiger partial charge in [-0.25, -0.2) is 17.1 Å². The highest BCUT2D eigenvalue weighted by molar-refractivity contribution is 7.89. The number of aromatic nitrogens is 2. The quantitative estimate of drug-likeness (QED) is 0.818. The first-order chi connectivity index (χ1) is 11.3. The molecule has 2 rings (SSSR count). The van der Waals surface area contributed by atoms with Gasteiger partial charge in [0, 0.05) is 39.3 Å². The number of hydrogen-bond acceptors (Lipinski definition) is 4. The summed E-state index contributed by atoms with van der Waals surface area (Å²) in [7, 11) is -0.523. The molecular weight excluding hydrogens is 335 g/mol. The van der Waals surface area contributed by atoms with Crippen molar-refractivity contribution in [2.45, 2.75) is 17.7 Å². The summed E-state index contributed by atoms with van der Waals surface area (Å²) in [6.07, 6.45) is 2.23. The summed E-state index contributed by atoms with van der Waals surface area (Å²) in [5.41, 5.74) is 0. The molecule has 0 saturated heterocycles. The molecule has 1 heterocycles. The standard InChI is InChI=1S/C15H19FN4O3S/c1-19-11-9-14(18-19)17-15(21)4-3-10-20(2)24(22,23)13-7-5-12(16)6-8-13/h5-9,11H,3-4,10H2,1-2H3,(H,17,18,21). The van der Waals surface area contributed by atoms with Crippen molar-refractivity contribution in [1.29, 1.82) is 0 Å². The van der Waals surface area contributed by atoms with Crippen LogP contribution in [0.4, 0.5) is 10.2 Å². The molecule has 1 aromatic heterocycles. The highest BCUT2D eigenvalue weighted by Crippen LogP contribution is 2.15. The lowest BCUT2D eigenvalue weighted by molar-refractivity contribution is -0.116. The van der Waals surface area contributed by atoms with Crippen LogP contribution in [-0.2, 0) is 21.9 Å². The van der Waals surface area contributed by atoms with Gasteiger partial charge in [-0.2, -0.15) is 5.10 Å². The molecule has 1 N–H and O–H groups in total. The van der Waals surface area contributed by atoms with Crippen LogP contribution in [0.3, 0.4) is 0 Å². The van der Waals surface area contributed by atoms with Gasteiger partial charge >= 0.3 is 0 Å². The number of carbonyl (C=O) groups is 1. The topological polar surface area (TPSA) is 84.3 Å². The Balaban J connectivity index is 1.84. The zero-order valence-electron chi connectivity index (χ0n) is 13.4. The maximum atomic E-state index is 12.9. The van der Waals surface area contributed by atoms with E-state index < -0.39 is 15.8 Å². The number of nitrogens with one attached hydrogen (secondary N) is 1. The van der Waals surface area contributed by atoms with Gasteiger partial charge in [-0.05, 0) is 30.7 Å². The molecule has 0 aliphatic heterocycles. The molecule has 1 amide bonds. The van der Waals surface area contributed by atoms with Crippen LogP contribution < -0.4 is 5.32 Å². The number of amides is 1. The van der Waals surface area contributed by atoms with Gasteiger partial charge in [0.2, 0.25) is 15.9 Å². The Kier molecular flexibility index (Phi) is 5.68. The number of benzene rings is 1. The summed E-state index contributed by atoms with van der Waals surface area (Å²) in [6.45, 7) is 0.176. The number of carbonyl (C=O) groups excluding carboxylic acids is 1. The number of rotatable bonds is 7. The Labute approximate surface area is 140 Å². The molecule has 0 atom stereocenters. The molecule has 0 spiro atoms. The Hall–Kier alpha value is -2.26. The first-order valence-corrected chi connectivity index (χ1v) is 8.74. The van der Waals surface area contributed by atoms with Gasteiger partial charge in [-0.3, -0.25) is 9.48 Å². The second-order valence-corrected chi connectivity index (χ2v) is 7.35. The zero-order valence-corrected chi connectivity index (χ0v) is 14.3. The van der Waals surface area contributed by atoms with E-state index in [4.69, 9.17) is 0 Å². The molecule has 24 heavy (non-hydrogen) atoms. The molecule has 0 fully saturated rings. The second kappa shape index (κ2) is 7.54. The smallest absolute Gasteiger partial charge is 0.242 e. The van der Waals surface area contributed by atoms with E-state index in [2.05, 4.69) is 10.4 Å². The maximum Gasteiger partial charge on any atom is 0.242 e. The average molecular weight is 354 g/mol. The summed E-state index contributed by atoms with van der Waals surface area (Å²) in [5.74, 6) is -0.279. The van der Waals surface area contributed by atoms with Crippen LogP contribution in [0.2, 0.25) is 0 Å².